The summed E-state index contributed by atoms with van der Waals surface area (Å²) in [5, 5.41) is 10.1. The zero-order valence-corrected chi connectivity index (χ0v) is 7.95. The maximum atomic E-state index is 11.4. The lowest BCUT2D eigenvalue weighted by Crippen LogP contribution is -2.22. The number of hydrogen-bond acceptors (Lipinski definition) is 3. The topological polar surface area (TPSA) is 57.2 Å². The van der Waals surface area contributed by atoms with Crippen LogP contribution in [0.4, 0.5) is 0 Å². The molecule has 0 atom stereocenters. The van der Waals surface area contributed by atoms with Crippen molar-refractivity contribution >= 4 is 11.8 Å². The summed E-state index contributed by atoms with van der Waals surface area (Å²) in [6.45, 7) is 1.93. The number of hydrogen-bond donors (Lipinski definition) is 0. The molecule has 0 aliphatic heterocycles. The minimum atomic E-state index is -1.19. The highest BCUT2D eigenvalue weighted by atomic mass is 16.4. The summed E-state index contributed by atoms with van der Waals surface area (Å²) in [5.74, 6) is -1.35. The molecule has 0 saturated heterocycles. The van der Waals surface area contributed by atoms with Crippen LogP contribution >= 0.6 is 0 Å². The first-order chi connectivity index (χ1) is 6.59. The molecule has 0 fully saturated rings. The first-order valence-electron chi connectivity index (χ1n) is 4.39. The number of aryl methyl sites for hydroxylation is 1. The summed E-state index contributed by atoms with van der Waals surface area (Å²) in [7, 11) is 0. The summed E-state index contributed by atoms with van der Waals surface area (Å²) >= 11 is 0. The highest BCUT2D eigenvalue weighted by molar-refractivity contribution is 5.97. The molecule has 1 aromatic carbocycles. The van der Waals surface area contributed by atoms with Crippen molar-refractivity contribution in [2.24, 2.45) is 0 Å². The lowest BCUT2D eigenvalue weighted by Gasteiger charge is -2.02. The van der Waals surface area contributed by atoms with Crippen molar-refractivity contribution in [3.05, 3.63) is 35.4 Å². The van der Waals surface area contributed by atoms with Gasteiger partial charge in [0.2, 0.25) is 0 Å². The van der Waals surface area contributed by atoms with E-state index < -0.39 is 5.97 Å². The Kier molecular flexibility index (Phi) is 3.40. The number of rotatable bonds is 4. The van der Waals surface area contributed by atoms with Crippen molar-refractivity contribution in [2.45, 2.75) is 19.8 Å². The quantitative estimate of drug-likeness (QED) is 0.658. The van der Waals surface area contributed by atoms with E-state index in [0.29, 0.717) is 5.56 Å². The van der Waals surface area contributed by atoms with E-state index in [1.807, 2.05) is 19.1 Å². The van der Waals surface area contributed by atoms with Gasteiger partial charge in [0.1, 0.15) is 0 Å². The molecule has 0 bridgehead atoms. The molecule has 14 heavy (non-hydrogen) atoms. The number of Topliss-reactive ketones (excluding diaryl/α,β-unsaturated/α-hetero) is 1. The van der Waals surface area contributed by atoms with Crippen LogP contribution in [-0.4, -0.2) is 11.8 Å². The number of benzene rings is 1. The van der Waals surface area contributed by atoms with Crippen molar-refractivity contribution in [3.8, 4) is 0 Å². The summed E-state index contributed by atoms with van der Waals surface area (Å²) < 4.78 is 0. The molecule has 0 saturated carbocycles. The van der Waals surface area contributed by atoms with E-state index in [0.717, 1.165) is 5.56 Å². The zero-order valence-electron chi connectivity index (χ0n) is 7.95. The SMILES string of the molecule is Cc1ccc(C(=O)CCC(=O)[O-])cc1. The van der Waals surface area contributed by atoms with Gasteiger partial charge in [0.25, 0.3) is 0 Å². The normalized spacial score (nSPS) is 9.79. The van der Waals surface area contributed by atoms with Gasteiger partial charge in [-0.3, -0.25) is 4.79 Å². The van der Waals surface area contributed by atoms with E-state index in [1.54, 1.807) is 12.1 Å². The van der Waals surface area contributed by atoms with Gasteiger partial charge in [0.05, 0.1) is 0 Å². The molecule has 0 aliphatic carbocycles. The zero-order chi connectivity index (χ0) is 10.6. The highest BCUT2D eigenvalue weighted by Gasteiger charge is 2.04. The Hall–Kier alpha value is -1.64. The molecule has 0 aliphatic rings. The van der Waals surface area contributed by atoms with Crippen LogP contribution in [-0.2, 0) is 4.79 Å². The standard InChI is InChI=1S/C11H12O3/c1-8-2-4-9(5-3-8)10(12)6-7-11(13)14/h2-5H,6-7H2,1H3,(H,13,14)/p-1. The second kappa shape index (κ2) is 4.56. The largest absolute Gasteiger partial charge is 0.550 e. The minimum absolute atomic E-state index is 0.00535. The Morgan fingerprint density at radius 3 is 2.21 bits per heavy atom. The van der Waals surface area contributed by atoms with Crippen LogP contribution in [0.2, 0.25) is 0 Å². The first kappa shape index (κ1) is 10.4. The van der Waals surface area contributed by atoms with Crippen molar-refractivity contribution in [1.82, 2.24) is 0 Å². The maximum absolute atomic E-state index is 11.4. The van der Waals surface area contributed by atoms with Crippen LogP contribution in [0.3, 0.4) is 0 Å². The van der Waals surface area contributed by atoms with E-state index >= 15 is 0 Å². The Morgan fingerprint density at radius 2 is 1.71 bits per heavy atom. The Morgan fingerprint density at radius 1 is 1.14 bits per heavy atom. The smallest absolute Gasteiger partial charge is 0.163 e. The van der Waals surface area contributed by atoms with Gasteiger partial charge in [-0.25, -0.2) is 0 Å². The van der Waals surface area contributed by atoms with Crippen LogP contribution in [0.1, 0.15) is 28.8 Å². The molecular weight excluding hydrogens is 180 g/mol. The van der Waals surface area contributed by atoms with E-state index in [1.165, 1.54) is 0 Å². The van der Waals surface area contributed by atoms with Gasteiger partial charge in [-0.2, -0.15) is 0 Å². The molecule has 0 N–H and O–H groups in total. The molecule has 3 nitrogen and oxygen atoms in total. The number of aliphatic carboxylic acids is 1. The molecule has 0 unspecified atom stereocenters. The van der Waals surface area contributed by atoms with E-state index in [4.69, 9.17) is 0 Å². The van der Waals surface area contributed by atoms with Crippen LogP contribution in [0.15, 0.2) is 24.3 Å². The number of carbonyl (C=O) groups is 2. The molecule has 0 aromatic heterocycles. The van der Waals surface area contributed by atoms with Crippen molar-refractivity contribution in [1.29, 1.82) is 0 Å². The molecule has 1 aromatic rings. The Balaban J connectivity index is 2.61. The number of carboxylic acid groups (broad SMARTS) is 1. The van der Waals surface area contributed by atoms with Crippen molar-refractivity contribution < 1.29 is 14.7 Å². The van der Waals surface area contributed by atoms with Gasteiger partial charge < -0.3 is 9.90 Å². The van der Waals surface area contributed by atoms with E-state index in [9.17, 15) is 14.7 Å². The lowest BCUT2D eigenvalue weighted by molar-refractivity contribution is -0.305. The van der Waals surface area contributed by atoms with Gasteiger partial charge in [0, 0.05) is 18.0 Å². The molecule has 74 valence electrons. The summed E-state index contributed by atoms with van der Waals surface area (Å²) in [6, 6.07) is 7.05. The predicted octanol–water partition coefficient (Wildman–Crippen LogP) is 0.708. The molecule has 0 radical (unpaired) electrons. The third kappa shape index (κ3) is 3.01. The second-order valence-electron chi connectivity index (χ2n) is 3.16. The van der Waals surface area contributed by atoms with E-state index in [-0.39, 0.29) is 18.6 Å². The van der Waals surface area contributed by atoms with Gasteiger partial charge in [-0.1, -0.05) is 29.8 Å². The maximum Gasteiger partial charge on any atom is 0.163 e. The summed E-state index contributed by atoms with van der Waals surface area (Å²) in [5.41, 5.74) is 1.62. The average Bonchev–Trinajstić information content (AvgIpc) is 2.15. The molecule has 0 amide bonds. The second-order valence-corrected chi connectivity index (χ2v) is 3.16. The number of ketones is 1. The highest BCUT2D eigenvalue weighted by Crippen LogP contribution is 2.07. The first-order valence-corrected chi connectivity index (χ1v) is 4.39. The third-order valence-electron chi connectivity index (χ3n) is 1.93. The fourth-order valence-corrected chi connectivity index (χ4v) is 1.10. The van der Waals surface area contributed by atoms with Crippen molar-refractivity contribution in [3.63, 3.8) is 0 Å². The fraction of sp³-hybridized carbons (Fsp3) is 0.273. The van der Waals surface area contributed by atoms with E-state index in [2.05, 4.69) is 0 Å². The lowest BCUT2D eigenvalue weighted by atomic mass is 10.1. The van der Waals surface area contributed by atoms with Crippen LogP contribution in [0.25, 0.3) is 0 Å². The molecule has 1 rings (SSSR count). The van der Waals surface area contributed by atoms with Crippen LogP contribution in [0.5, 0.6) is 0 Å². The van der Waals surface area contributed by atoms with Crippen LogP contribution in [0, 0.1) is 6.92 Å². The van der Waals surface area contributed by atoms with Crippen LogP contribution < -0.4 is 5.11 Å². The third-order valence-corrected chi connectivity index (χ3v) is 1.93. The number of carboxylic acids is 1. The van der Waals surface area contributed by atoms with Crippen molar-refractivity contribution in [2.75, 3.05) is 0 Å². The van der Waals surface area contributed by atoms with Gasteiger partial charge in [-0.15, -0.1) is 0 Å². The molecule has 0 spiro atoms. The molecule has 0 heterocycles. The Bertz CT molecular complexity index is 338. The predicted molar refractivity (Wildman–Crippen MR) is 49.8 cm³/mol. The van der Waals surface area contributed by atoms with Gasteiger partial charge in [-0.05, 0) is 13.3 Å². The average molecular weight is 191 g/mol. The fourth-order valence-electron chi connectivity index (χ4n) is 1.10. The molecular formula is C11H11O3-. The minimum Gasteiger partial charge on any atom is -0.550 e. The summed E-state index contributed by atoms with van der Waals surface area (Å²) in [6.07, 6.45) is -0.210. The monoisotopic (exact) mass is 191 g/mol. The Labute approximate surface area is 82.4 Å². The van der Waals surface area contributed by atoms with Gasteiger partial charge in [0.15, 0.2) is 5.78 Å². The van der Waals surface area contributed by atoms with Gasteiger partial charge >= 0.3 is 0 Å². The summed E-state index contributed by atoms with van der Waals surface area (Å²) in [4.78, 5) is 21.5. The molecule has 3 heteroatoms. The number of carbonyl (C=O) groups excluding carboxylic acids is 2.